The lowest BCUT2D eigenvalue weighted by Gasteiger charge is -2.37. The minimum Gasteiger partial charge on any atom is -0.508 e. The Morgan fingerprint density at radius 3 is 2.79 bits per heavy atom. The molecule has 0 radical (unpaired) electrons. The first-order chi connectivity index (χ1) is 11.5. The average molecular weight is 362 g/mol. The molecule has 0 bridgehead atoms. The van der Waals surface area contributed by atoms with Gasteiger partial charge in [0.15, 0.2) is 6.04 Å². The van der Waals surface area contributed by atoms with Crippen molar-refractivity contribution >= 4 is 44.3 Å². The van der Waals surface area contributed by atoms with E-state index in [-0.39, 0.29) is 10.5 Å². The highest BCUT2D eigenvalue weighted by molar-refractivity contribution is 8.16. The number of carboxylic acids is 1. The van der Waals surface area contributed by atoms with Crippen molar-refractivity contribution in [2.75, 3.05) is 0 Å². The maximum atomic E-state index is 11.8. The smallest absolute Gasteiger partial charge is 0.329 e. The molecular formula is C17H18N2O3S2. The van der Waals surface area contributed by atoms with Gasteiger partial charge in [0.25, 0.3) is 0 Å². The Bertz CT molecular complexity index is 837. The molecule has 1 aromatic heterocycles. The van der Waals surface area contributed by atoms with E-state index >= 15 is 0 Å². The van der Waals surface area contributed by atoms with Crippen molar-refractivity contribution in [3.8, 4) is 5.75 Å². The largest absolute Gasteiger partial charge is 0.508 e. The van der Waals surface area contributed by atoms with Crippen LogP contribution >= 0.6 is 23.1 Å². The van der Waals surface area contributed by atoms with Crippen LogP contribution in [0.3, 0.4) is 0 Å². The number of phenolic OH excluding ortho intramolecular Hbond substituents is 1. The van der Waals surface area contributed by atoms with Crippen LogP contribution in [0.25, 0.3) is 10.2 Å². The molecule has 0 amide bonds. The highest BCUT2D eigenvalue weighted by Crippen LogP contribution is 2.51. The van der Waals surface area contributed by atoms with Gasteiger partial charge in [0.05, 0.1) is 15.0 Å². The number of carbonyl (C=O) groups is 1. The molecule has 2 N–H and O–H groups in total. The summed E-state index contributed by atoms with van der Waals surface area (Å²) in [7, 11) is 0. The zero-order chi connectivity index (χ0) is 16.9. The molecule has 1 aromatic carbocycles. The summed E-state index contributed by atoms with van der Waals surface area (Å²) in [4.78, 5) is 20.9. The van der Waals surface area contributed by atoms with Crippen LogP contribution in [-0.4, -0.2) is 37.0 Å². The lowest BCUT2D eigenvalue weighted by molar-refractivity contribution is -0.139. The lowest BCUT2D eigenvalue weighted by atomic mass is 9.78. The van der Waals surface area contributed by atoms with Crippen molar-refractivity contribution in [3.63, 3.8) is 0 Å². The fourth-order valence-corrected chi connectivity index (χ4v) is 6.04. The van der Waals surface area contributed by atoms with E-state index in [1.54, 1.807) is 30.0 Å². The van der Waals surface area contributed by atoms with Gasteiger partial charge in [-0.05, 0) is 49.8 Å². The van der Waals surface area contributed by atoms with Crippen molar-refractivity contribution in [2.45, 2.75) is 43.4 Å². The number of phenols is 1. The van der Waals surface area contributed by atoms with E-state index in [0.29, 0.717) is 5.92 Å². The van der Waals surface area contributed by atoms with E-state index in [0.717, 1.165) is 46.0 Å². The van der Waals surface area contributed by atoms with Gasteiger partial charge in [0.2, 0.25) is 0 Å². The Morgan fingerprint density at radius 2 is 2.08 bits per heavy atom. The van der Waals surface area contributed by atoms with Crippen LogP contribution in [0.5, 0.6) is 5.75 Å². The number of thioether (sulfide) groups is 1. The third-order valence-corrected chi connectivity index (χ3v) is 7.64. The summed E-state index contributed by atoms with van der Waals surface area (Å²) in [5.74, 6) is 0.0193. The molecule has 2 aromatic rings. The first kappa shape index (κ1) is 15.9. The highest BCUT2D eigenvalue weighted by Gasteiger charge is 2.51. The molecule has 1 atom stereocenters. The van der Waals surface area contributed by atoms with Gasteiger partial charge in [-0.15, -0.1) is 11.3 Å². The summed E-state index contributed by atoms with van der Waals surface area (Å²) in [6.45, 7) is 2.23. The Balaban J connectivity index is 1.70. The second-order valence-electron chi connectivity index (χ2n) is 6.70. The molecule has 0 saturated heterocycles. The van der Waals surface area contributed by atoms with E-state index in [4.69, 9.17) is 0 Å². The Morgan fingerprint density at radius 1 is 1.33 bits per heavy atom. The van der Waals surface area contributed by atoms with Crippen LogP contribution in [0.15, 0.2) is 23.2 Å². The lowest BCUT2D eigenvalue weighted by Crippen LogP contribution is -2.43. The van der Waals surface area contributed by atoms with E-state index < -0.39 is 12.0 Å². The van der Waals surface area contributed by atoms with E-state index in [1.807, 2.05) is 0 Å². The average Bonchev–Trinajstić information content (AvgIpc) is 3.12. The molecule has 1 aliphatic carbocycles. The van der Waals surface area contributed by atoms with Gasteiger partial charge >= 0.3 is 5.97 Å². The summed E-state index contributed by atoms with van der Waals surface area (Å²) in [6, 6.07) is 4.38. The molecule has 7 heteroatoms. The number of aliphatic imine (C=N–C) groups is 1. The summed E-state index contributed by atoms with van der Waals surface area (Å²) in [5.41, 5.74) is 0.807. The molecule has 2 heterocycles. The van der Waals surface area contributed by atoms with Crippen LogP contribution in [0, 0.1) is 5.92 Å². The maximum Gasteiger partial charge on any atom is 0.329 e. The summed E-state index contributed by atoms with van der Waals surface area (Å²) >= 11 is 3.05. The number of rotatable bonds is 2. The molecule has 5 nitrogen and oxygen atoms in total. The first-order valence-corrected chi connectivity index (χ1v) is 9.70. The maximum absolute atomic E-state index is 11.8. The molecule has 1 fully saturated rings. The zero-order valence-electron chi connectivity index (χ0n) is 13.2. The predicted octanol–water partition coefficient (Wildman–Crippen LogP) is 3.90. The van der Waals surface area contributed by atoms with E-state index in [2.05, 4.69) is 16.9 Å². The number of hydrogen-bond acceptors (Lipinski definition) is 6. The van der Waals surface area contributed by atoms with Gasteiger partial charge in [-0.2, -0.15) is 0 Å². The number of hydrogen-bond donors (Lipinski definition) is 2. The third-order valence-electron chi connectivity index (χ3n) is 4.95. The Labute approximate surface area is 147 Å². The fourth-order valence-electron chi connectivity index (χ4n) is 3.52. The van der Waals surface area contributed by atoms with Gasteiger partial charge in [-0.1, -0.05) is 18.7 Å². The van der Waals surface area contributed by atoms with Gasteiger partial charge in [0, 0.05) is 0 Å². The topological polar surface area (TPSA) is 82.8 Å². The normalized spacial score (nSPS) is 30.0. The van der Waals surface area contributed by atoms with Crippen LogP contribution in [0.1, 0.15) is 37.6 Å². The van der Waals surface area contributed by atoms with Crippen LogP contribution < -0.4 is 0 Å². The quantitative estimate of drug-likeness (QED) is 0.847. The molecule has 1 spiro atoms. The summed E-state index contributed by atoms with van der Waals surface area (Å²) in [6.07, 6.45) is 3.86. The standard InChI is InChI=1S/C17H18N2O3S2/c1-9-4-6-17(7-5-9)13(16(21)22)19-15(24-17)14-18-11-3-2-10(20)8-12(11)23-14/h2-3,8-9,13,20H,4-7H2,1H3,(H,21,22). The molecule has 1 aliphatic heterocycles. The van der Waals surface area contributed by atoms with E-state index in [1.165, 1.54) is 11.3 Å². The van der Waals surface area contributed by atoms with Crippen molar-refractivity contribution < 1.29 is 15.0 Å². The molecular weight excluding hydrogens is 344 g/mol. The van der Waals surface area contributed by atoms with Crippen molar-refractivity contribution in [1.82, 2.24) is 4.98 Å². The second kappa shape index (κ2) is 5.74. The predicted molar refractivity (Wildman–Crippen MR) is 97.2 cm³/mol. The molecule has 1 saturated carbocycles. The van der Waals surface area contributed by atoms with Crippen LogP contribution in [0.2, 0.25) is 0 Å². The molecule has 24 heavy (non-hydrogen) atoms. The molecule has 2 aliphatic rings. The Kier molecular flexibility index (Phi) is 3.80. The third kappa shape index (κ3) is 2.59. The van der Waals surface area contributed by atoms with Crippen LogP contribution in [0.4, 0.5) is 0 Å². The van der Waals surface area contributed by atoms with E-state index in [9.17, 15) is 15.0 Å². The number of nitrogens with zero attached hydrogens (tertiary/aromatic N) is 2. The minimum atomic E-state index is -0.842. The molecule has 126 valence electrons. The molecule has 4 rings (SSSR count). The van der Waals surface area contributed by atoms with Crippen molar-refractivity contribution in [3.05, 3.63) is 23.2 Å². The van der Waals surface area contributed by atoms with Gasteiger partial charge in [0.1, 0.15) is 15.8 Å². The van der Waals surface area contributed by atoms with Crippen molar-refractivity contribution in [2.24, 2.45) is 10.9 Å². The highest BCUT2D eigenvalue weighted by atomic mass is 32.2. The van der Waals surface area contributed by atoms with Gasteiger partial charge in [-0.25, -0.2) is 9.78 Å². The monoisotopic (exact) mass is 362 g/mol. The number of aromatic hydroxyl groups is 1. The number of carboxylic acid groups (broad SMARTS) is 1. The minimum absolute atomic E-state index is 0.208. The number of aliphatic carboxylic acids is 1. The number of benzene rings is 1. The summed E-state index contributed by atoms with van der Waals surface area (Å²) in [5, 5.41) is 20.8. The zero-order valence-corrected chi connectivity index (χ0v) is 14.9. The summed E-state index contributed by atoms with van der Waals surface area (Å²) < 4.78 is 0.562. The van der Waals surface area contributed by atoms with Gasteiger partial charge < -0.3 is 10.2 Å². The number of aromatic nitrogens is 1. The van der Waals surface area contributed by atoms with Crippen LogP contribution in [-0.2, 0) is 4.79 Å². The number of fused-ring (bicyclic) bond motifs is 1. The van der Waals surface area contributed by atoms with Gasteiger partial charge in [-0.3, -0.25) is 4.99 Å². The SMILES string of the molecule is CC1CCC2(CC1)SC(c1nc3ccc(O)cc3s1)=NC2C(=O)O. The molecule has 1 unspecified atom stereocenters. The number of thiazole rings is 1. The fraction of sp³-hybridized carbons (Fsp3) is 0.471. The first-order valence-electron chi connectivity index (χ1n) is 8.06. The Hall–Kier alpha value is -1.60. The van der Waals surface area contributed by atoms with Crippen molar-refractivity contribution in [1.29, 1.82) is 0 Å². The second-order valence-corrected chi connectivity index (χ2v) is 9.13.